The molecule has 0 atom stereocenters. The lowest BCUT2D eigenvalue weighted by Crippen LogP contribution is -2.13. The molecule has 0 aliphatic carbocycles. The minimum Gasteiger partial charge on any atom is -0.373 e. The highest BCUT2D eigenvalue weighted by atomic mass is 32.1. The summed E-state index contributed by atoms with van der Waals surface area (Å²) in [6.07, 6.45) is 1.78. The Kier molecular flexibility index (Phi) is 2.82. The van der Waals surface area contributed by atoms with Gasteiger partial charge in [0.1, 0.15) is 5.82 Å². The third-order valence-electron chi connectivity index (χ3n) is 2.04. The van der Waals surface area contributed by atoms with E-state index in [9.17, 15) is 4.79 Å². The van der Waals surface area contributed by atoms with Crippen LogP contribution in [0.5, 0.6) is 0 Å². The van der Waals surface area contributed by atoms with E-state index in [1.165, 1.54) is 11.3 Å². The van der Waals surface area contributed by atoms with Crippen LogP contribution < -0.4 is 10.2 Å². The first-order chi connectivity index (χ1) is 7.29. The number of anilines is 1. The molecule has 2 aromatic rings. The number of aromatic nitrogens is 2. The van der Waals surface area contributed by atoms with Crippen LogP contribution >= 0.6 is 11.3 Å². The highest BCUT2D eigenvalue weighted by Gasteiger charge is 2.00. The lowest BCUT2D eigenvalue weighted by atomic mass is 10.3. The molecule has 0 aromatic carbocycles. The van der Waals surface area contributed by atoms with Gasteiger partial charge in [0, 0.05) is 18.6 Å². The summed E-state index contributed by atoms with van der Waals surface area (Å²) in [5, 5.41) is 4.75. The van der Waals surface area contributed by atoms with E-state index in [4.69, 9.17) is 0 Å². The van der Waals surface area contributed by atoms with Gasteiger partial charge in [-0.15, -0.1) is 0 Å². The zero-order valence-corrected chi connectivity index (χ0v) is 9.12. The number of thiazole rings is 1. The van der Waals surface area contributed by atoms with Gasteiger partial charge < -0.3 is 5.32 Å². The van der Waals surface area contributed by atoms with Crippen LogP contribution in [0.3, 0.4) is 0 Å². The van der Waals surface area contributed by atoms with Crippen molar-refractivity contribution in [2.75, 3.05) is 12.4 Å². The van der Waals surface area contributed by atoms with Crippen molar-refractivity contribution in [3.05, 3.63) is 45.1 Å². The van der Waals surface area contributed by atoms with Crippen LogP contribution in [0.2, 0.25) is 0 Å². The number of hydrogen-bond acceptors (Lipinski definition) is 4. The molecule has 15 heavy (non-hydrogen) atoms. The molecular formula is C10H11N3OS. The van der Waals surface area contributed by atoms with Crippen molar-refractivity contribution in [2.24, 2.45) is 0 Å². The van der Waals surface area contributed by atoms with Crippen molar-refractivity contribution in [1.29, 1.82) is 0 Å². The summed E-state index contributed by atoms with van der Waals surface area (Å²) >= 11 is 1.20. The van der Waals surface area contributed by atoms with Gasteiger partial charge in [0.25, 0.3) is 0 Å². The lowest BCUT2D eigenvalue weighted by molar-refractivity contribution is 0.762. The molecule has 0 saturated heterocycles. The Labute approximate surface area is 91.2 Å². The number of rotatable bonds is 3. The van der Waals surface area contributed by atoms with Crippen LogP contribution in [0.15, 0.2) is 34.6 Å². The Balaban J connectivity index is 2.24. The van der Waals surface area contributed by atoms with E-state index in [0.29, 0.717) is 6.54 Å². The van der Waals surface area contributed by atoms with Crippen LogP contribution in [0.1, 0.15) is 5.69 Å². The summed E-state index contributed by atoms with van der Waals surface area (Å²) in [5.74, 6) is 0.816. The first kappa shape index (κ1) is 9.92. The van der Waals surface area contributed by atoms with Crippen LogP contribution in [-0.2, 0) is 6.54 Å². The number of pyridine rings is 1. The zero-order valence-electron chi connectivity index (χ0n) is 8.30. The average Bonchev–Trinajstić information content (AvgIpc) is 2.65. The van der Waals surface area contributed by atoms with Gasteiger partial charge >= 0.3 is 4.87 Å². The SMILES string of the molecule is CNc1cccc(Cn2ccsc2=O)n1. The summed E-state index contributed by atoms with van der Waals surface area (Å²) < 4.78 is 1.65. The molecule has 4 nitrogen and oxygen atoms in total. The topological polar surface area (TPSA) is 46.9 Å². The van der Waals surface area contributed by atoms with Crippen molar-refractivity contribution in [2.45, 2.75) is 6.54 Å². The van der Waals surface area contributed by atoms with Crippen molar-refractivity contribution in [3.63, 3.8) is 0 Å². The van der Waals surface area contributed by atoms with Gasteiger partial charge in [0.2, 0.25) is 0 Å². The second-order valence-corrected chi connectivity index (χ2v) is 3.92. The molecule has 0 fully saturated rings. The molecule has 2 aromatic heterocycles. The van der Waals surface area contributed by atoms with Gasteiger partial charge in [-0.2, -0.15) is 0 Å². The highest BCUT2D eigenvalue weighted by molar-refractivity contribution is 7.07. The monoisotopic (exact) mass is 221 g/mol. The smallest absolute Gasteiger partial charge is 0.307 e. The van der Waals surface area contributed by atoms with Gasteiger partial charge in [-0.05, 0) is 12.1 Å². The molecule has 2 heterocycles. The largest absolute Gasteiger partial charge is 0.373 e. The Morgan fingerprint density at radius 1 is 1.53 bits per heavy atom. The summed E-state index contributed by atoms with van der Waals surface area (Å²) in [4.78, 5) is 15.7. The predicted octanol–water partition coefficient (Wildman–Crippen LogP) is 1.39. The number of nitrogens with one attached hydrogen (secondary N) is 1. The van der Waals surface area contributed by atoms with Crippen LogP contribution in [-0.4, -0.2) is 16.6 Å². The van der Waals surface area contributed by atoms with E-state index in [2.05, 4.69) is 10.3 Å². The number of hydrogen-bond donors (Lipinski definition) is 1. The first-order valence-corrected chi connectivity index (χ1v) is 5.45. The Bertz CT molecular complexity index is 503. The maximum Gasteiger partial charge on any atom is 0.307 e. The molecule has 0 saturated carbocycles. The minimum atomic E-state index is 0.0478. The molecule has 78 valence electrons. The van der Waals surface area contributed by atoms with Gasteiger partial charge in [0.15, 0.2) is 0 Å². The third kappa shape index (κ3) is 2.24. The van der Waals surface area contributed by atoms with Gasteiger partial charge in [-0.3, -0.25) is 9.36 Å². The van der Waals surface area contributed by atoms with Crippen molar-refractivity contribution >= 4 is 17.2 Å². The van der Waals surface area contributed by atoms with Crippen LogP contribution in [0.4, 0.5) is 5.82 Å². The Morgan fingerprint density at radius 3 is 3.07 bits per heavy atom. The molecular weight excluding hydrogens is 210 g/mol. The second kappa shape index (κ2) is 4.27. The first-order valence-electron chi connectivity index (χ1n) is 4.57. The van der Waals surface area contributed by atoms with E-state index >= 15 is 0 Å². The Morgan fingerprint density at radius 2 is 2.40 bits per heavy atom. The average molecular weight is 221 g/mol. The minimum absolute atomic E-state index is 0.0478. The highest BCUT2D eigenvalue weighted by Crippen LogP contribution is 2.05. The van der Waals surface area contributed by atoms with Gasteiger partial charge in [-0.1, -0.05) is 17.4 Å². The maximum atomic E-state index is 11.3. The third-order valence-corrected chi connectivity index (χ3v) is 2.73. The number of nitrogens with zero attached hydrogens (tertiary/aromatic N) is 2. The van der Waals surface area contributed by atoms with Gasteiger partial charge in [0.05, 0.1) is 12.2 Å². The van der Waals surface area contributed by atoms with E-state index in [-0.39, 0.29) is 4.87 Å². The molecule has 0 aliphatic rings. The normalized spacial score (nSPS) is 10.2. The van der Waals surface area contributed by atoms with Crippen molar-refractivity contribution in [1.82, 2.24) is 9.55 Å². The zero-order chi connectivity index (χ0) is 10.7. The molecule has 2 rings (SSSR count). The fraction of sp³-hybridized carbons (Fsp3) is 0.200. The van der Waals surface area contributed by atoms with Crippen molar-refractivity contribution < 1.29 is 0 Å². The van der Waals surface area contributed by atoms with E-state index in [1.807, 2.05) is 25.2 Å². The summed E-state index contributed by atoms with van der Waals surface area (Å²) in [7, 11) is 1.82. The second-order valence-electron chi connectivity index (χ2n) is 3.06. The van der Waals surface area contributed by atoms with E-state index in [1.54, 1.807) is 16.1 Å². The molecule has 5 heteroatoms. The quantitative estimate of drug-likeness (QED) is 0.852. The molecule has 1 N–H and O–H groups in total. The van der Waals surface area contributed by atoms with Gasteiger partial charge in [-0.25, -0.2) is 4.98 Å². The van der Waals surface area contributed by atoms with E-state index < -0.39 is 0 Å². The summed E-state index contributed by atoms with van der Waals surface area (Å²) in [5.41, 5.74) is 0.877. The fourth-order valence-electron chi connectivity index (χ4n) is 1.29. The lowest BCUT2D eigenvalue weighted by Gasteiger charge is -2.03. The molecule has 0 unspecified atom stereocenters. The molecule has 0 amide bonds. The molecule has 0 aliphatic heterocycles. The van der Waals surface area contributed by atoms with Crippen LogP contribution in [0.25, 0.3) is 0 Å². The van der Waals surface area contributed by atoms with E-state index in [0.717, 1.165) is 11.5 Å². The summed E-state index contributed by atoms with van der Waals surface area (Å²) in [6.45, 7) is 0.526. The molecule has 0 spiro atoms. The maximum absolute atomic E-state index is 11.3. The standard InChI is InChI=1S/C10H11N3OS/c1-11-9-4-2-3-8(12-9)7-13-5-6-15-10(13)14/h2-6H,7H2,1H3,(H,11,12). The Hall–Kier alpha value is -1.62. The predicted molar refractivity (Wildman–Crippen MR) is 61.5 cm³/mol. The fourth-order valence-corrected chi connectivity index (χ4v) is 1.87. The van der Waals surface area contributed by atoms with Crippen molar-refractivity contribution in [3.8, 4) is 0 Å². The van der Waals surface area contributed by atoms with Crippen LogP contribution in [0, 0.1) is 0 Å². The summed E-state index contributed by atoms with van der Waals surface area (Å²) in [6, 6.07) is 5.72. The molecule has 0 bridgehead atoms. The molecule has 0 radical (unpaired) electrons.